The number of carbonyl (C=O) groups is 1. The number of hydrogen-bond acceptors (Lipinski definition) is 3. The summed E-state index contributed by atoms with van der Waals surface area (Å²) in [4.78, 5) is 18.1. The van der Waals surface area contributed by atoms with Crippen LogP contribution < -0.4 is 0 Å². The summed E-state index contributed by atoms with van der Waals surface area (Å²) in [6.45, 7) is 0.373. The maximum Gasteiger partial charge on any atom is 0.257 e. The van der Waals surface area contributed by atoms with Crippen molar-refractivity contribution in [2.24, 2.45) is 0 Å². The van der Waals surface area contributed by atoms with Crippen LogP contribution in [0.5, 0.6) is 0 Å². The summed E-state index contributed by atoms with van der Waals surface area (Å²) in [6.07, 6.45) is 8.22. The predicted octanol–water partition coefficient (Wildman–Crippen LogP) is 3.40. The molecule has 1 amide bonds. The Hall–Kier alpha value is -2.17. The third-order valence-electron chi connectivity index (χ3n) is 3.94. The first-order valence-corrected chi connectivity index (χ1v) is 7.18. The second kappa shape index (κ2) is 6.08. The van der Waals surface area contributed by atoms with Gasteiger partial charge in [-0.1, -0.05) is 12.8 Å². The molecule has 0 atom stereocenters. The molecular weight excluding hydrogens is 271 g/mol. The normalized spacial score (nSPS) is 15.3. The Morgan fingerprint density at radius 3 is 2.86 bits per heavy atom. The van der Waals surface area contributed by atoms with Crippen LogP contribution in [0.1, 0.15) is 41.8 Å². The summed E-state index contributed by atoms with van der Waals surface area (Å²) in [6, 6.07) is 5.20. The van der Waals surface area contributed by atoms with E-state index in [0.717, 1.165) is 31.9 Å². The Morgan fingerprint density at radius 1 is 1.38 bits per heavy atom. The minimum absolute atomic E-state index is 0.0726. The molecule has 0 N–H and O–H groups in total. The standard InChI is InChI=1S/C16H17FN2O2/c17-15-10-18-8-7-14(15)16(20)19(12-4-1-2-5-12)11-13-6-3-9-21-13/h3,6-10,12H,1-2,4-5,11H2. The van der Waals surface area contributed by atoms with E-state index in [1.54, 1.807) is 17.2 Å². The Morgan fingerprint density at radius 2 is 2.19 bits per heavy atom. The molecule has 0 bridgehead atoms. The molecule has 0 radical (unpaired) electrons. The largest absolute Gasteiger partial charge is 0.467 e. The van der Waals surface area contributed by atoms with Gasteiger partial charge in [0.15, 0.2) is 5.82 Å². The van der Waals surface area contributed by atoms with Gasteiger partial charge in [0.1, 0.15) is 5.76 Å². The number of hydrogen-bond donors (Lipinski definition) is 0. The molecule has 21 heavy (non-hydrogen) atoms. The molecule has 110 valence electrons. The zero-order valence-corrected chi connectivity index (χ0v) is 11.7. The van der Waals surface area contributed by atoms with Gasteiger partial charge in [0.05, 0.1) is 24.6 Å². The van der Waals surface area contributed by atoms with E-state index in [1.807, 2.05) is 6.07 Å². The quantitative estimate of drug-likeness (QED) is 0.866. The van der Waals surface area contributed by atoms with Gasteiger partial charge in [-0.3, -0.25) is 9.78 Å². The van der Waals surface area contributed by atoms with E-state index in [-0.39, 0.29) is 17.5 Å². The minimum atomic E-state index is -0.579. The lowest BCUT2D eigenvalue weighted by molar-refractivity contribution is 0.0644. The van der Waals surface area contributed by atoms with E-state index in [4.69, 9.17) is 4.42 Å². The van der Waals surface area contributed by atoms with E-state index in [2.05, 4.69) is 4.98 Å². The second-order valence-corrected chi connectivity index (χ2v) is 5.31. The molecule has 2 aromatic rings. The highest BCUT2D eigenvalue weighted by Gasteiger charge is 2.29. The first-order chi connectivity index (χ1) is 10.3. The van der Waals surface area contributed by atoms with Gasteiger partial charge < -0.3 is 9.32 Å². The molecule has 5 heteroatoms. The van der Waals surface area contributed by atoms with Gasteiger partial charge in [-0.05, 0) is 31.0 Å². The summed E-state index contributed by atoms with van der Waals surface area (Å²) in [5.41, 5.74) is 0.0726. The fourth-order valence-corrected chi connectivity index (χ4v) is 2.86. The van der Waals surface area contributed by atoms with Gasteiger partial charge in [-0.2, -0.15) is 0 Å². The smallest absolute Gasteiger partial charge is 0.257 e. The van der Waals surface area contributed by atoms with E-state index in [1.165, 1.54) is 12.3 Å². The molecule has 4 nitrogen and oxygen atoms in total. The van der Waals surface area contributed by atoms with E-state index in [0.29, 0.717) is 12.3 Å². The molecule has 0 aliphatic heterocycles. The lowest BCUT2D eigenvalue weighted by Crippen LogP contribution is -2.38. The molecule has 0 saturated heterocycles. The third-order valence-corrected chi connectivity index (χ3v) is 3.94. The summed E-state index contributed by atoms with van der Waals surface area (Å²) >= 11 is 0. The van der Waals surface area contributed by atoms with E-state index in [9.17, 15) is 9.18 Å². The van der Waals surface area contributed by atoms with Crippen LogP contribution in [-0.4, -0.2) is 21.8 Å². The molecule has 2 heterocycles. The highest BCUT2D eigenvalue weighted by atomic mass is 19.1. The molecule has 1 aliphatic carbocycles. The number of rotatable bonds is 4. The van der Waals surface area contributed by atoms with Gasteiger partial charge in [0.2, 0.25) is 0 Å². The average molecular weight is 288 g/mol. The van der Waals surface area contributed by atoms with Gasteiger partial charge in [0, 0.05) is 12.2 Å². The van der Waals surface area contributed by atoms with Gasteiger partial charge in [-0.25, -0.2) is 4.39 Å². The molecule has 0 aromatic carbocycles. The second-order valence-electron chi connectivity index (χ2n) is 5.31. The highest BCUT2D eigenvalue weighted by Crippen LogP contribution is 2.27. The van der Waals surface area contributed by atoms with Crippen LogP contribution in [0, 0.1) is 5.82 Å². The van der Waals surface area contributed by atoms with Crippen molar-refractivity contribution in [2.45, 2.75) is 38.3 Å². The molecular formula is C16H17FN2O2. The topological polar surface area (TPSA) is 46.3 Å². The van der Waals surface area contributed by atoms with Crippen LogP contribution in [-0.2, 0) is 6.54 Å². The molecule has 0 spiro atoms. The van der Waals surface area contributed by atoms with Crippen LogP contribution in [0.3, 0.4) is 0 Å². The Labute approximate surface area is 122 Å². The fourth-order valence-electron chi connectivity index (χ4n) is 2.86. The molecule has 1 aliphatic rings. The Bertz CT molecular complexity index is 606. The Balaban J connectivity index is 1.87. The monoisotopic (exact) mass is 288 g/mol. The van der Waals surface area contributed by atoms with Crippen molar-refractivity contribution in [3.05, 3.63) is 54.0 Å². The van der Waals surface area contributed by atoms with E-state index >= 15 is 0 Å². The van der Waals surface area contributed by atoms with Crippen molar-refractivity contribution in [2.75, 3.05) is 0 Å². The SMILES string of the molecule is O=C(c1ccncc1F)N(Cc1ccco1)C1CCCC1. The number of amides is 1. The molecule has 1 saturated carbocycles. The minimum Gasteiger partial charge on any atom is -0.467 e. The third kappa shape index (κ3) is 2.96. The molecule has 3 rings (SSSR count). The van der Waals surface area contributed by atoms with Crippen molar-refractivity contribution in [1.29, 1.82) is 0 Å². The van der Waals surface area contributed by atoms with Crippen molar-refractivity contribution in [1.82, 2.24) is 9.88 Å². The average Bonchev–Trinajstić information content (AvgIpc) is 3.18. The summed E-state index contributed by atoms with van der Waals surface area (Å²) < 4.78 is 19.2. The first kappa shape index (κ1) is 13.8. The lowest BCUT2D eigenvalue weighted by Gasteiger charge is -2.28. The number of aromatic nitrogens is 1. The molecule has 0 unspecified atom stereocenters. The predicted molar refractivity (Wildman–Crippen MR) is 75.0 cm³/mol. The lowest BCUT2D eigenvalue weighted by atomic mass is 10.1. The van der Waals surface area contributed by atoms with Crippen molar-refractivity contribution < 1.29 is 13.6 Å². The summed E-state index contributed by atoms with van der Waals surface area (Å²) in [5.74, 6) is -0.159. The number of pyridine rings is 1. The summed E-state index contributed by atoms with van der Waals surface area (Å²) in [7, 11) is 0. The van der Waals surface area contributed by atoms with Crippen LogP contribution in [0.15, 0.2) is 41.3 Å². The highest BCUT2D eigenvalue weighted by molar-refractivity contribution is 5.94. The van der Waals surface area contributed by atoms with E-state index < -0.39 is 5.82 Å². The maximum absolute atomic E-state index is 13.8. The van der Waals surface area contributed by atoms with Gasteiger partial charge in [0.25, 0.3) is 5.91 Å². The van der Waals surface area contributed by atoms with Crippen LogP contribution in [0.2, 0.25) is 0 Å². The zero-order chi connectivity index (χ0) is 14.7. The summed E-state index contributed by atoms with van der Waals surface area (Å²) in [5, 5.41) is 0. The van der Waals surface area contributed by atoms with Crippen LogP contribution in [0.25, 0.3) is 0 Å². The number of nitrogens with zero attached hydrogens (tertiary/aromatic N) is 2. The van der Waals surface area contributed by atoms with Crippen LogP contribution >= 0.6 is 0 Å². The van der Waals surface area contributed by atoms with Crippen LogP contribution in [0.4, 0.5) is 4.39 Å². The zero-order valence-electron chi connectivity index (χ0n) is 11.7. The number of furan rings is 1. The first-order valence-electron chi connectivity index (χ1n) is 7.18. The number of halogens is 1. The molecule has 2 aromatic heterocycles. The van der Waals surface area contributed by atoms with Gasteiger partial charge >= 0.3 is 0 Å². The maximum atomic E-state index is 13.8. The van der Waals surface area contributed by atoms with Crippen molar-refractivity contribution in [3.8, 4) is 0 Å². The van der Waals surface area contributed by atoms with Gasteiger partial charge in [-0.15, -0.1) is 0 Å². The van der Waals surface area contributed by atoms with Crippen molar-refractivity contribution in [3.63, 3.8) is 0 Å². The fraction of sp³-hybridized carbons (Fsp3) is 0.375. The Kier molecular flexibility index (Phi) is 3.99. The molecule has 1 fully saturated rings. The van der Waals surface area contributed by atoms with Crippen molar-refractivity contribution >= 4 is 5.91 Å². The number of carbonyl (C=O) groups excluding carboxylic acids is 1.